The Morgan fingerprint density at radius 1 is 1.21 bits per heavy atom. The molecule has 0 saturated heterocycles. The van der Waals surface area contributed by atoms with Crippen LogP contribution in [-0.2, 0) is 0 Å². The predicted molar refractivity (Wildman–Crippen MR) is 69.8 cm³/mol. The minimum atomic E-state index is -1.18. The zero-order valence-electron chi connectivity index (χ0n) is 8.60. The van der Waals surface area contributed by atoms with Gasteiger partial charge in [0.15, 0.2) is 0 Å². The molecule has 0 radical (unpaired) electrons. The van der Waals surface area contributed by atoms with Crippen LogP contribution in [0.1, 0.15) is 0 Å². The predicted octanol–water partition coefficient (Wildman–Crippen LogP) is 4.10. The van der Waals surface area contributed by atoms with E-state index in [-0.39, 0.29) is 0 Å². The van der Waals surface area contributed by atoms with Gasteiger partial charge in [0.05, 0.1) is 8.07 Å². The monoisotopic (exact) mass is 240 g/mol. The zero-order valence-corrected chi connectivity index (χ0v) is 11.2. The van der Waals surface area contributed by atoms with Gasteiger partial charge < -0.3 is 0 Å². The van der Waals surface area contributed by atoms with Crippen LogP contribution in [0.4, 0.5) is 0 Å². The summed E-state index contributed by atoms with van der Waals surface area (Å²) in [4.78, 5) is 0. The molecule has 0 bridgehead atoms. The Labute approximate surface area is 94.5 Å². The fourth-order valence-electron chi connectivity index (χ4n) is 1.39. The summed E-state index contributed by atoms with van der Waals surface area (Å²) in [5.41, 5.74) is 0. The molecule has 0 nitrogen and oxygen atoms in total. The molecule has 0 unspecified atom stereocenters. The van der Waals surface area contributed by atoms with Crippen LogP contribution in [0.3, 0.4) is 0 Å². The molecular formula is C11H13ClSSi. The molecule has 0 aliphatic carbocycles. The fourth-order valence-corrected chi connectivity index (χ4v) is 4.65. The number of hydrogen-bond acceptors (Lipinski definition) is 1. The van der Waals surface area contributed by atoms with Crippen molar-refractivity contribution in [2.75, 3.05) is 0 Å². The Morgan fingerprint density at radius 2 is 1.93 bits per heavy atom. The molecule has 0 aliphatic heterocycles. The molecule has 0 N–H and O–H groups in total. The highest BCUT2D eigenvalue weighted by Crippen LogP contribution is 2.27. The number of benzene rings is 1. The van der Waals surface area contributed by atoms with E-state index in [2.05, 4.69) is 31.8 Å². The van der Waals surface area contributed by atoms with Crippen LogP contribution in [-0.4, -0.2) is 8.07 Å². The Hall–Kier alpha value is -0.313. The number of rotatable bonds is 1. The summed E-state index contributed by atoms with van der Waals surface area (Å²) in [5.74, 6) is 0. The van der Waals surface area contributed by atoms with Crippen LogP contribution in [0.25, 0.3) is 10.1 Å². The number of hydrogen-bond donors (Lipinski definition) is 0. The highest BCUT2D eigenvalue weighted by atomic mass is 35.5. The van der Waals surface area contributed by atoms with E-state index in [1.54, 1.807) is 0 Å². The van der Waals surface area contributed by atoms with Gasteiger partial charge in [-0.25, -0.2) is 0 Å². The van der Waals surface area contributed by atoms with E-state index >= 15 is 0 Å². The number of thiophene rings is 1. The highest BCUT2D eigenvalue weighted by Gasteiger charge is 2.19. The van der Waals surface area contributed by atoms with E-state index in [9.17, 15) is 0 Å². The van der Waals surface area contributed by atoms with Crippen molar-refractivity contribution in [2.45, 2.75) is 19.6 Å². The first-order valence-electron chi connectivity index (χ1n) is 4.67. The van der Waals surface area contributed by atoms with Crippen molar-refractivity contribution in [2.24, 2.45) is 0 Å². The molecule has 1 aromatic heterocycles. The SMILES string of the molecule is C[Si](C)(C)c1cc2c(Cl)cccc2s1. The number of halogens is 1. The van der Waals surface area contributed by atoms with Crippen LogP contribution in [0.5, 0.6) is 0 Å². The van der Waals surface area contributed by atoms with Gasteiger partial charge in [0.25, 0.3) is 0 Å². The van der Waals surface area contributed by atoms with E-state index in [1.807, 2.05) is 23.5 Å². The van der Waals surface area contributed by atoms with Crippen molar-refractivity contribution in [3.63, 3.8) is 0 Å². The molecule has 2 rings (SSSR count). The lowest BCUT2D eigenvalue weighted by atomic mass is 10.3. The summed E-state index contributed by atoms with van der Waals surface area (Å²) in [6, 6.07) is 8.41. The fraction of sp³-hybridized carbons (Fsp3) is 0.273. The summed E-state index contributed by atoms with van der Waals surface area (Å²) < 4.78 is 2.84. The van der Waals surface area contributed by atoms with Crippen LogP contribution in [0.15, 0.2) is 24.3 Å². The first-order chi connectivity index (χ1) is 6.48. The summed E-state index contributed by atoms with van der Waals surface area (Å²) in [5, 5.41) is 2.10. The zero-order chi connectivity index (χ0) is 10.3. The molecule has 0 amide bonds. The van der Waals surface area contributed by atoms with Gasteiger partial charge >= 0.3 is 0 Å². The largest absolute Gasteiger partial charge is 0.145 e. The second kappa shape index (κ2) is 3.37. The summed E-state index contributed by atoms with van der Waals surface area (Å²) in [6.45, 7) is 7.10. The molecule has 0 aliphatic rings. The lowest BCUT2D eigenvalue weighted by molar-refractivity contribution is 1.79. The van der Waals surface area contributed by atoms with Crippen LogP contribution < -0.4 is 4.50 Å². The van der Waals surface area contributed by atoms with Crippen molar-refractivity contribution >= 4 is 45.6 Å². The lowest BCUT2D eigenvalue weighted by Gasteiger charge is -2.11. The first kappa shape index (κ1) is 10.2. The second-order valence-electron chi connectivity index (χ2n) is 4.51. The molecule has 0 saturated carbocycles. The summed E-state index contributed by atoms with van der Waals surface area (Å²) >= 11 is 8.04. The molecule has 14 heavy (non-hydrogen) atoms. The number of fused-ring (bicyclic) bond motifs is 1. The molecule has 0 spiro atoms. The molecular weight excluding hydrogens is 228 g/mol. The van der Waals surface area contributed by atoms with E-state index in [4.69, 9.17) is 11.6 Å². The standard InChI is InChI=1S/C11H13ClSSi/c1-14(2,3)11-7-8-9(12)5-4-6-10(8)13-11/h4-7H,1-3H3. The van der Waals surface area contributed by atoms with Gasteiger partial charge in [0.1, 0.15) is 0 Å². The average molecular weight is 241 g/mol. The van der Waals surface area contributed by atoms with Gasteiger partial charge in [-0.1, -0.05) is 37.3 Å². The molecule has 74 valence electrons. The highest BCUT2D eigenvalue weighted by molar-refractivity contribution is 7.31. The van der Waals surface area contributed by atoms with Gasteiger partial charge in [-0.05, 0) is 22.7 Å². The normalized spacial score (nSPS) is 12.3. The van der Waals surface area contributed by atoms with Gasteiger partial charge in [-0.15, -0.1) is 11.3 Å². The topological polar surface area (TPSA) is 0 Å². The maximum absolute atomic E-state index is 6.14. The smallest absolute Gasteiger partial charge is 0.0904 e. The van der Waals surface area contributed by atoms with Crippen molar-refractivity contribution in [3.8, 4) is 0 Å². The Balaban J connectivity index is 2.69. The maximum Gasteiger partial charge on any atom is 0.0904 e. The molecule has 0 fully saturated rings. The summed E-state index contributed by atoms with van der Waals surface area (Å²) in [7, 11) is -1.18. The van der Waals surface area contributed by atoms with Gasteiger partial charge in [0.2, 0.25) is 0 Å². The van der Waals surface area contributed by atoms with E-state index in [1.165, 1.54) is 14.6 Å². The second-order valence-corrected chi connectivity index (χ2v) is 11.4. The first-order valence-corrected chi connectivity index (χ1v) is 9.36. The molecule has 1 aromatic carbocycles. The van der Waals surface area contributed by atoms with E-state index in [0.717, 1.165) is 5.02 Å². The van der Waals surface area contributed by atoms with E-state index in [0.29, 0.717) is 0 Å². The van der Waals surface area contributed by atoms with Crippen molar-refractivity contribution in [1.29, 1.82) is 0 Å². The Bertz CT molecular complexity index is 468. The third-order valence-electron chi connectivity index (χ3n) is 2.25. The Morgan fingerprint density at radius 3 is 2.50 bits per heavy atom. The van der Waals surface area contributed by atoms with Gasteiger partial charge in [-0.3, -0.25) is 0 Å². The molecule has 3 heteroatoms. The van der Waals surface area contributed by atoms with Crippen LogP contribution in [0.2, 0.25) is 24.7 Å². The molecule has 0 atom stereocenters. The Kier molecular flexibility index (Phi) is 2.46. The quantitative estimate of drug-likeness (QED) is 0.659. The van der Waals surface area contributed by atoms with Crippen molar-refractivity contribution < 1.29 is 0 Å². The van der Waals surface area contributed by atoms with E-state index < -0.39 is 8.07 Å². The lowest BCUT2D eigenvalue weighted by Crippen LogP contribution is -2.34. The minimum Gasteiger partial charge on any atom is -0.145 e. The molecule has 2 aromatic rings. The van der Waals surface area contributed by atoms with Gasteiger partial charge in [-0.2, -0.15) is 0 Å². The van der Waals surface area contributed by atoms with Crippen molar-refractivity contribution in [3.05, 3.63) is 29.3 Å². The third kappa shape index (κ3) is 1.74. The van der Waals surface area contributed by atoms with Crippen LogP contribution >= 0.6 is 22.9 Å². The van der Waals surface area contributed by atoms with Crippen LogP contribution in [0, 0.1) is 0 Å². The molecule has 1 heterocycles. The van der Waals surface area contributed by atoms with Crippen molar-refractivity contribution in [1.82, 2.24) is 0 Å². The average Bonchev–Trinajstić information content (AvgIpc) is 2.48. The minimum absolute atomic E-state index is 0.878. The maximum atomic E-state index is 6.14. The third-order valence-corrected chi connectivity index (χ3v) is 7.26. The van der Waals surface area contributed by atoms with Gasteiger partial charge in [0, 0.05) is 15.1 Å². The summed E-state index contributed by atoms with van der Waals surface area (Å²) in [6.07, 6.45) is 0.